The third-order valence-corrected chi connectivity index (χ3v) is 7.07. The first-order chi connectivity index (χ1) is 16.1. The molecule has 1 aliphatic rings. The van der Waals surface area contributed by atoms with Gasteiger partial charge in [0.15, 0.2) is 0 Å². The molecule has 0 aliphatic carbocycles. The van der Waals surface area contributed by atoms with Gasteiger partial charge in [-0.05, 0) is 43.9 Å². The van der Waals surface area contributed by atoms with E-state index in [1.54, 1.807) is 23.7 Å². The van der Waals surface area contributed by atoms with E-state index in [-0.39, 0.29) is 17.9 Å². The molecule has 1 aliphatic heterocycles. The highest BCUT2D eigenvalue weighted by molar-refractivity contribution is 7.15. The van der Waals surface area contributed by atoms with Gasteiger partial charge in [-0.25, -0.2) is 9.97 Å². The lowest BCUT2D eigenvalue weighted by Crippen LogP contribution is -2.49. The number of rotatable bonds is 5. The van der Waals surface area contributed by atoms with E-state index in [0.29, 0.717) is 30.0 Å². The number of carbonyl (C=O) groups excluding carboxylic acids is 2. The molecule has 7 nitrogen and oxygen atoms in total. The van der Waals surface area contributed by atoms with E-state index in [9.17, 15) is 9.59 Å². The van der Waals surface area contributed by atoms with Crippen molar-refractivity contribution in [1.29, 1.82) is 0 Å². The van der Waals surface area contributed by atoms with E-state index in [0.717, 1.165) is 40.1 Å². The van der Waals surface area contributed by atoms with E-state index >= 15 is 0 Å². The zero-order valence-corrected chi connectivity index (χ0v) is 19.2. The van der Waals surface area contributed by atoms with Gasteiger partial charge < -0.3 is 15.2 Å². The van der Waals surface area contributed by atoms with Crippen LogP contribution in [0.4, 0.5) is 0 Å². The zero-order chi connectivity index (χ0) is 22.8. The fourth-order valence-corrected chi connectivity index (χ4v) is 5.34. The van der Waals surface area contributed by atoms with E-state index in [4.69, 9.17) is 0 Å². The summed E-state index contributed by atoms with van der Waals surface area (Å²) >= 11 is 1.54. The van der Waals surface area contributed by atoms with Crippen LogP contribution in [0.15, 0.2) is 54.9 Å². The quantitative estimate of drug-likeness (QED) is 0.462. The van der Waals surface area contributed by atoms with Gasteiger partial charge in [0.2, 0.25) is 0 Å². The van der Waals surface area contributed by atoms with Crippen LogP contribution >= 0.6 is 11.3 Å². The molecule has 3 aromatic heterocycles. The summed E-state index contributed by atoms with van der Waals surface area (Å²) in [5.74, 6) is -0.227. The predicted molar refractivity (Wildman–Crippen MR) is 129 cm³/mol. The van der Waals surface area contributed by atoms with Gasteiger partial charge in [-0.1, -0.05) is 30.3 Å². The molecule has 1 saturated heterocycles. The fourth-order valence-electron chi connectivity index (χ4n) is 4.42. The van der Waals surface area contributed by atoms with E-state index < -0.39 is 0 Å². The van der Waals surface area contributed by atoms with Crippen molar-refractivity contribution >= 4 is 34.2 Å². The number of nitrogens with one attached hydrogen (secondary N) is 2. The molecule has 0 spiro atoms. The monoisotopic (exact) mass is 459 g/mol. The molecule has 5 rings (SSSR count). The van der Waals surface area contributed by atoms with Crippen LogP contribution in [-0.4, -0.2) is 50.8 Å². The van der Waals surface area contributed by atoms with E-state index in [1.165, 1.54) is 0 Å². The van der Waals surface area contributed by atoms with Crippen molar-refractivity contribution in [1.82, 2.24) is 25.2 Å². The third kappa shape index (κ3) is 4.26. The summed E-state index contributed by atoms with van der Waals surface area (Å²) in [5, 5.41) is 4.69. The zero-order valence-electron chi connectivity index (χ0n) is 18.4. The highest BCUT2D eigenvalue weighted by Crippen LogP contribution is 2.32. The van der Waals surface area contributed by atoms with Crippen molar-refractivity contribution in [2.75, 3.05) is 13.1 Å². The molecule has 2 N–H and O–H groups in total. The van der Waals surface area contributed by atoms with E-state index in [2.05, 4.69) is 20.3 Å². The largest absolute Gasteiger partial charge is 0.350 e. The molecule has 1 fully saturated rings. The number of aromatic nitrogens is 3. The number of fused-ring (bicyclic) bond motifs is 1. The molecule has 0 saturated carbocycles. The lowest BCUT2D eigenvalue weighted by molar-refractivity contribution is 0.0598. The van der Waals surface area contributed by atoms with Gasteiger partial charge in [-0.15, -0.1) is 11.3 Å². The van der Waals surface area contributed by atoms with Gasteiger partial charge in [-0.2, -0.15) is 0 Å². The van der Waals surface area contributed by atoms with Crippen LogP contribution < -0.4 is 5.32 Å². The van der Waals surface area contributed by atoms with Crippen molar-refractivity contribution in [3.8, 4) is 10.4 Å². The molecule has 1 aromatic carbocycles. The number of thiazole rings is 1. The van der Waals surface area contributed by atoms with Crippen molar-refractivity contribution in [3.63, 3.8) is 0 Å². The Bertz CT molecular complexity index is 1300. The molecule has 4 aromatic rings. The number of nitrogens with zero attached hydrogens (tertiary/aromatic N) is 3. The number of amides is 2. The topological polar surface area (TPSA) is 91.0 Å². The average Bonchev–Trinajstić information content (AvgIpc) is 3.46. The summed E-state index contributed by atoms with van der Waals surface area (Å²) in [5.41, 5.74) is 2.75. The van der Waals surface area contributed by atoms with Crippen molar-refractivity contribution in [2.45, 2.75) is 32.2 Å². The van der Waals surface area contributed by atoms with Gasteiger partial charge in [-0.3, -0.25) is 9.59 Å². The Morgan fingerprint density at radius 2 is 2.03 bits per heavy atom. The maximum absolute atomic E-state index is 13.6. The van der Waals surface area contributed by atoms with Crippen molar-refractivity contribution in [2.24, 2.45) is 0 Å². The minimum absolute atomic E-state index is 0.0616. The van der Waals surface area contributed by atoms with Gasteiger partial charge in [0, 0.05) is 36.9 Å². The Labute approximate surface area is 195 Å². The normalized spacial score (nSPS) is 16.2. The Kier molecular flexibility index (Phi) is 5.92. The van der Waals surface area contributed by atoms with Crippen LogP contribution in [0.1, 0.15) is 45.1 Å². The molecule has 0 radical (unpaired) electrons. The van der Waals surface area contributed by atoms with Gasteiger partial charge >= 0.3 is 0 Å². The number of carbonyl (C=O) groups is 2. The minimum Gasteiger partial charge on any atom is -0.350 e. The Hall–Kier alpha value is -3.52. The number of hydrogen-bond donors (Lipinski definition) is 2. The second-order valence-corrected chi connectivity index (χ2v) is 9.44. The molecule has 1 unspecified atom stereocenters. The SMILES string of the molecule is Cc1nc(C(=O)N2CCCCC2CNC(=O)c2c[nH]c3ncccc23)c(-c2ccccc2)s1. The van der Waals surface area contributed by atoms with Crippen molar-refractivity contribution < 1.29 is 9.59 Å². The Morgan fingerprint density at radius 1 is 1.18 bits per heavy atom. The smallest absolute Gasteiger partial charge is 0.274 e. The highest BCUT2D eigenvalue weighted by Gasteiger charge is 2.31. The Balaban J connectivity index is 1.34. The molecule has 168 valence electrons. The van der Waals surface area contributed by atoms with Gasteiger partial charge in [0.1, 0.15) is 11.3 Å². The maximum atomic E-state index is 13.6. The van der Waals surface area contributed by atoms with Gasteiger partial charge in [0.25, 0.3) is 11.8 Å². The van der Waals surface area contributed by atoms with Crippen LogP contribution in [0.5, 0.6) is 0 Å². The molecular weight excluding hydrogens is 434 g/mol. The number of hydrogen-bond acceptors (Lipinski definition) is 5. The molecule has 1 atom stereocenters. The molecule has 4 heterocycles. The van der Waals surface area contributed by atoms with Crippen molar-refractivity contribution in [3.05, 3.63) is 71.1 Å². The van der Waals surface area contributed by atoms with Gasteiger partial charge in [0.05, 0.1) is 15.4 Å². The number of benzene rings is 1. The second-order valence-electron chi connectivity index (χ2n) is 8.24. The van der Waals surface area contributed by atoms with Crippen LogP contribution in [0.2, 0.25) is 0 Å². The number of likely N-dealkylation sites (tertiary alicyclic amines) is 1. The first-order valence-electron chi connectivity index (χ1n) is 11.2. The number of H-pyrrole nitrogens is 1. The first-order valence-corrected chi connectivity index (χ1v) is 12.0. The average molecular weight is 460 g/mol. The van der Waals surface area contributed by atoms with E-state index in [1.807, 2.05) is 54.3 Å². The summed E-state index contributed by atoms with van der Waals surface area (Å²) in [6, 6.07) is 13.5. The minimum atomic E-state index is -0.165. The van der Waals surface area contributed by atoms with Crippen LogP contribution in [-0.2, 0) is 0 Å². The first kappa shape index (κ1) is 21.3. The standard InChI is InChI=1S/C25H25N5O2S/c1-16-29-21(22(33-16)17-8-3-2-4-9-17)25(32)30-13-6-5-10-18(30)14-28-24(31)20-15-27-23-19(20)11-7-12-26-23/h2-4,7-9,11-12,15,18H,5-6,10,13-14H2,1H3,(H,26,27)(H,28,31). The molecule has 8 heteroatoms. The molecule has 2 amide bonds. The fraction of sp³-hybridized carbons (Fsp3) is 0.280. The molecule has 0 bridgehead atoms. The third-order valence-electron chi connectivity index (χ3n) is 6.05. The molecule has 33 heavy (non-hydrogen) atoms. The summed E-state index contributed by atoms with van der Waals surface area (Å²) < 4.78 is 0. The summed E-state index contributed by atoms with van der Waals surface area (Å²) in [6.07, 6.45) is 6.21. The lowest BCUT2D eigenvalue weighted by Gasteiger charge is -2.35. The number of piperidine rings is 1. The summed E-state index contributed by atoms with van der Waals surface area (Å²) in [7, 11) is 0. The van der Waals surface area contributed by atoms with Crippen LogP contribution in [0, 0.1) is 6.92 Å². The van der Waals surface area contributed by atoms with Crippen LogP contribution in [0.3, 0.4) is 0 Å². The maximum Gasteiger partial charge on any atom is 0.274 e. The molecular formula is C25H25N5O2S. The lowest BCUT2D eigenvalue weighted by atomic mass is 10.0. The predicted octanol–water partition coefficient (Wildman–Crippen LogP) is 4.42. The number of aryl methyl sites for hydroxylation is 1. The summed E-state index contributed by atoms with van der Waals surface area (Å²) in [4.78, 5) is 41.2. The number of pyridine rings is 1. The van der Waals surface area contributed by atoms with Crippen LogP contribution in [0.25, 0.3) is 21.5 Å². The highest BCUT2D eigenvalue weighted by atomic mass is 32.1. The summed E-state index contributed by atoms with van der Waals surface area (Å²) in [6.45, 7) is 3.00. The number of aromatic amines is 1. The Morgan fingerprint density at radius 3 is 2.88 bits per heavy atom. The second kappa shape index (κ2) is 9.15.